The Hall–Kier alpha value is -3.50. The molecule has 0 saturated carbocycles. The van der Waals surface area contributed by atoms with Crippen LogP contribution in [0.5, 0.6) is 0 Å². The molecule has 8 nitrogen and oxygen atoms in total. The van der Waals surface area contributed by atoms with Crippen molar-refractivity contribution < 1.29 is 18.0 Å². The number of piperidine rings is 1. The van der Waals surface area contributed by atoms with Crippen molar-refractivity contribution in [1.29, 1.82) is 0 Å². The molecule has 162 valence electrons. The van der Waals surface area contributed by atoms with Gasteiger partial charge < -0.3 is 10.2 Å². The molecule has 1 saturated heterocycles. The Morgan fingerprint density at radius 3 is 2.61 bits per heavy atom. The van der Waals surface area contributed by atoms with Crippen LogP contribution in [0.1, 0.15) is 18.5 Å². The number of hydrogen-bond acceptors (Lipinski definition) is 6. The van der Waals surface area contributed by atoms with E-state index in [0.717, 1.165) is 12.4 Å². The van der Waals surface area contributed by atoms with Crippen molar-refractivity contribution in [3.05, 3.63) is 59.0 Å². The Bertz CT molecular complexity index is 1160. The van der Waals surface area contributed by atoms with E-state index in [0.29, 0.717) is 36.8 Å². The lowest BCUT2D eigenvalue weighted by Gasteiger charge is -2.33. The summed E-state index contributed by atoms with van der Waals surface area (Å²) >= 11 is 0. The molecule has 4 rings (SSSR count). The van der Waals surface area contributed by atoms with Gasteiger partial charge in [-0.2, -0.15) is 13.2 Å². The first-order valence-electron chi connectivity index (χ1n) is 9.69. The van der Waals surface area contributed by atoms with Crippen molar-refractivity contribution >= 4 is 22.6 Å². The van der Waals surface area contributed by atoms with Gasteiger partial charge in [0.1, 0.15) is 24.4 Å². The summed E-state index contributed by atoms with van der Waals surface area (Å²) in [5.74, 6) is -0.111. The molecule has 11 heteroatoms. The second kappa shape index (κ2) is 8.32. The number of amides is 1. The molecule has 3 aromatic rings. The SMILES string of the molecule is O=C(Cn1cnc2ccccc2c1=O)NC1CCN(c2cc(C(F)(F)F)ncn2)CC1. The van der Waals surface area contributed by atoms with Crippen molar-refractivity contribution in [3.63, 3.8) is 0 Å². The van der Waals surface area contributed by atoms with Crippen LogP contribution in [0.3, 0.4) is 0 Å². The number of halogens is 3. The van der Waals surface area contributed by atoms with Gasteiger partial charge in [0.2, 0.25) is 5.91 Å². The Kier molecular flexibility index (Phi) is 5.57. The topological polar surface area (TPSA) is 93.0 Å². The van der Waals surface area contributed by atoms with E-state index in [1.54, 1.807) is 29.2 Å². The number of fused-ring (bicyclic) bond motifs is 1. The number of rotatable bonds is 4. The third kappa shape index (κ3) is 4.65. The third-order valence-electron chi connectivity index (χ3n) is 5.17. The average Bonchev–Trinajstić information content (AvgIpc) is 2.76. The van der Waals surface area contributed by atoms with Crippen LogP contribution in [0.15, 0.2) is 47.8 Å². The van der Waals surface area contributed by atoms with Crippen molar-refractivity contribution in [2.45, 2.75) is 31.6 Å². The van der Waals surface area contributed by atoms with Crippen LogP contribution < -0.4 is 15.8 Å². The highest BCUT2D eigenvalue weighted by Gasteiger charge is 2.33. The van der Waals surface area contributed by atoms with Crippen molar-refractivity contribution in [2.24, 2.45) is 0 Å². The van der Waals surface area contributed by atoms with E-state index in [4.69, 9.17) is 0 Å². The predicted octanol–water partition coefficient (Wildman–Crippen LogP) is 1.99. The molecule has 1 fully saturated rings. The van der Waals surface area contributed by atoms with Gasteiger partial charge >= 0.3 is 6.18 Å². The minimum Gasteiger partial charge on any atom is -0.356 e. The van der Waals surface area contributed by atoms with Gasteiger partial charge in [-0.3, -0.25) is 14.2 Å². The van der Waals surface area contributed by atoms with Crippen LogP contribution in [0.25, 0.3) is 10.9 Å². The van der Waals surface area contributed by atoms with E-state index >= 15 is 0 Å². The summed E-state index contributed by atoms with van der Waals surface area (Å²) in [7, 11) is 0. The van der Waals surface area contributed by atoms with E-state index in [-0.39, 0.29) is 29.9 Å². The van der Waals surface area contributed by atoms with Crippen LogP contribution in [-0.2, 0) is 17.5 Å². The van der Waals surface area contributed by atoms with Gasteiger partial charge in [0.25, 0.3) is 5.56 Å². The molecule has 0 bridgehead atoms. The molecule has 0 spiro atoms. The van der Waals surface area contributed by atoms with Crippen LogP contribution in [0.2, 0.25) is 0 Å². The van der Waals surface area contributed by atoms with Crippen molar-refractivity contribution in [1.82, 2.24) is 24.8 Å². The normalized spacial score (nSPS) is 15.3. The Labute approximate surface area is 174 Å². The average molecular weight is 432 g/mol. The number of hydrogen-bond donors (Lipinski definition) is 1. The van der Waals surface area contributed by atoms with Crippen LogP contribution in [0.4, 0.5) is 19.0 Å². The molecule has 0 aliphatic carbocycles. The van der Waals surface area contributed by atoms with Gasteiger partial charge in [-0.25, -0.2) is 15.0 Å². The summed E-state index contributed by atoms with van der Waals surface area (Å²) in [6, 6.07) is 7.69. The minimum absolute atomic E-state index is 0.142. The smallest absolute Gasteiger partial charge is 0.356 e. The van der Waals surface area contributed by atoms with Crippen molar-refractivity contribution in [3.8, 4) is 0 Å². The maximum Gasteiger partial charge on any atom is 0.433 e. The summed E-state index contributed by atoms with van der Waals surface area (Å²) in [6.07, 6.45) is -1.19. The molecule has 1 aliphatic rings. The Balaban J connectivity index is 1.35. The maximum atomic E-state index is 12.8. The maximum absolute atomic E-state index is 12.8. The number of nitrogens with zero attached hydrogens (tertiary/aromatic N) is 5. The number of nitrogens with one attached hydrogen (secondary N) is 1. The van der Waals surface area contributed by atoms with E-state index in [2.05, 4.69) is 20.3 Å². The second-order valence-corrected chi connectivity index (χ2v) is 7.28. The van der Waals surface area contributed by atoms with E-state index in [9.17, 15) is 22.8 Å². The number of aromatic nitrogens is 4. The van der Waals surface area contributed by atoms with Gasteiger partial charge in [-0.1, -0.05) is 12.1 Å². The quantitative estimate of drug-likeness (QED) is 0.678. The number of carbonyl (C=O) groups excluding carboxylic acids is 1. The van der Waals surface area contributed by atoms with Crippen LogP contribution in [0, 0.1) is 0 Å². The summed E-state index contributed by atoms with van der Waals surface area (Å²) in [6.45, 7) is 0.727. The van der Waals surface area contributed by atoms with E-state index < -0.39 is 11.9 Å². The molecule has 1 N–H and O–H groups in total. The number of alkyl halides is 3. The fourth-order valence-corrected chi connectivity index (χ4v) is 3.57. The largest absolute Gasteiger partial charge is 0.433 e. The van der Waals surface area contributed by atoms with Gasteiger partial charge in [0, 0.05) is 25.2 Å². The zero-order chi connectivity index (χ0) is 22.0. The lowest BCUT2D eigenvalue weighted by Crippen LogP contribution is -2.46. The molecule has 1 aliphatic heterocycles. The molecule has 1 amide bonds. The number of benzene rings is 1. The van der Waals surface area contributed by atoms with Crippen molar-refractivity contribution in [2.75, 3.05) is 18.0 Å². The first-order chi connectivity index (χ1) is 14.8. The molecule has 2 aromatic heterocycles. The fourth-order valence-electron chi connectivity index (χ4n) is 3.57. The van der Waals surface area contributed by atoms with E-state index in [1.165, 1.54) is 10.9 Å². The molecule has 3 heterocycles. The summed E-state index contributed by atoms with van der Waals surface area (Å²) in [5, 5.41) is 3.32. The lowest BCUT2D eigenvalue weighted by molar-refractivity contribution is -0.141. The standard InChI is InChI=1S/C20H19F3N6O2/c21-20(22,23)16-9-17(25-11-24-16)28-7-5-13(6-8-28)27-18(30)10-29-12-26-15-4-2-1-3-14(15)19(29)31/h1-4,9,11-13H,5-8,10H2,(H,27,30). The summed E-state index contributed by atoms with van der Waals surface area (Å²) < 4.78 is 39.8. The zero-order valence-corrected chi connectivity index (χ0v) is 16.3. The predicted molar refractivity (Wildman–Crippen MR) is 106 cm³/mol. The fraction of sp³-hybridized carbons (Fsp3) is 0.350. The molecular formula is C20H19F3N6O2. The van der Waals surface area contributed by atoms with E-state index in [1.807, 2.05) is 0 Å². The molecule has 1 aromatic carbocycles. The highest BCUT2D eigenvalue weighted by Crippen LogP contribution is 2.29. The lowest BCUT2D eigenvalue weighted by atomic mass is 10.0. The van der Waals surface area contributed by atoms with Gasteiger partial charge in [-0.15, -0.1) is 0 Å². The molecule has 31 heavy (non-hydrogen) atoms. The monoisotopic (exact) mass is 432 g/mol. The third-order valence-corrected chi connectivity index (χ3v) is 5.17. The first kappa shape index (κ1) is 20.8. The molecule has 0 unspecified atom stereocenters. The number of para-hydroxylation sites is 1. The highest BCUT2D eigenvalue weighted by molar-refractivity contribution is 5.79. The zero-order valence-electron chi connectivity index (χ0n) is 16.3. The van der Waals surface area contributed by atoms with Gasteiger partial charge in [0.05, 0.1) is 17.2 Å². The molecule has 0 atom stereocenters. The van der Waals surface area contributed by atoms with Gasteiger partial charge in [0.15, 0.2) is 0 Å². The first-order valence-corrected chi connectivity index (χ1v) is 9.69. The molecular weight excluding hydrogens is 413 g/mol. The molecule has 0 radical (unpaired) electrons. The Morgan fingerprint density at radius 2 is 1.87 bits per heavy atom. The van der Waals surface area contributed by atoms with Gasteiger partial charge in [-0.05, 0) is 25.0 Å². The summed E-state index contributed by atoms with van der Waals surface area (Å²) in [5.41, 5.74) is -0.711. The number of anilines is 1. The van der Waals surface area contributed by atoms with Crippen LogP contribution in [-0.4, -0.2) is 44.6 Å². The number of carbonyl (C=O) groups is 1. The Morgan fingerprint density at radius 1 is 1.13 bits per heavy atom. The minimum atomic E-state index is -4.53. The van der Waals surface area contributed by atoms with Crippen LogP contribution >= 0.6 is 0 Å². The highest BCUT2D eigenvalue weighted by atomic mass is 19.4. The second-order valence-electron chi connectivity index (χ2n) is 7.28. The summed E-state index contributed by atoms with van der Waals surface area (Å²) in [4.78, 5) is 38.1.